The normalized spacial score (nSPS) is 13.3. The topological polar surface area (TPSA) is 46.2 Å². The summed E-state index contributed by atoms with van der Waals surface area (Å²) in [5, 5.41) is 4.23. The fourth-order valence-electron chi connectivity index (χ4n) is 20.6. The molecule has 1 N–H and O–H groups in total. The van der Waals surface area contributed by atoms with Gasteiger partial charge in [-0.15, -0.1) is 0 Å². The molecule has 6 heterocycles. The monoisotopic (exact) mass is 1390 g/mol. The molecule has 0 aromatic heterocycles. The Balaban J connectivity index is 0.893. The summed E-state index contributed by atoms with van der Waals surface area (Å²) in [6.07, 6.45) is 0. The maximum Gasteiger partial charge on any atom is 0.256 e. The van der Waals surface area contributed by atoms with Crippen molar-refractivity contribution < 1.29 is 14.2 Å². The number of nitrogens with one attached hydrogen (secondary N) is 1. The van der Waals surface area contributed by atoms with Gasteiger partial charge in [0.05, 0.1) is 11.4 Å². The van der Waals surface area contributed by atoms with Crippen LogP contribution >= 0.6 is 0 Å². The number of hydrogen-bond acceptors (Lipinski definition) is 6. The summed E-state index contributed by atoms with van der Waals surface area (Å²) in [4.78, 5) is 5.20. The van der Waals surface area contributed by atoms with Gasteiger partial charge >= 0.3 is 0 Å². The maximum atomic E-state index is 8.05. The molecule has 6 aliphatic heterocycles. The van der Waals surface area contributed by atoms with E-state index in [1.165, 1.54) is 117 Å². The van der Waals surface area contributed by atoms with Crippen LogP contribution in [0.3, 0.4) is 0 Å². The minimum atomic E-state index is -0.316. The standard InChI is InChI=1S/C99H82B3N3O3/c1-52-30-57(6)92(58(7)31-52)71-40-81-95-89(45-71)106-86-43-69(67-22-18-16-19-23-67)26-28-74(86)100(95)76-48-77-82(50-80(76)103-81)104(98-63(12)36-55(4)37-64(98)13)85-42-73(94-61(10)34-54(3)35-62(94)11)47-91-97(85)102(77)79-49-78-83(51-88(79)108-91)105(99-65(14)38-56(5)39-66(99)15)84-41-72(93-59(8)32-53(2)33-60(93)9)46-90-96(84)101(78)75-29-27-70(44-87(75)107-90)68-24-20-17-21-25-68/h16-51,103H,1-15H3. The van der Waals surface area contributed by atoms with Crippen LogP contribution in [-0.4, -0.2) is 20.1 Å². The van der Waals surface area contributed by atoms with Gasteiger partial charge in [-0.2, -0.15) is 0 Å². The Morgan fingerprint density at radius 1 is 0.231 bits per heavy atom. The summed E-state index contributed by atoms with van der Waals surface area (Å²) < 4.78 is 23.1. The van der Waals surface area contributed by atoms with Crippen molar-refractivity contribution in [3.8, 4) is 90.1 Å². The summed E-state index contributed by atoms with van der Waals surface area (Å²) in [6, 6.07) is 83.2. The lowest BCUT2D eigenvalue weighted by atomic mass is 9.29. The van der Waals surface area contributed by atoms with E-state index < -0.39 is 0 Å². The van der Waals surface area contributed by atoms with Crippen LogP contribution < -0.4 is 78.5 Å². The van der Waals surface area contributed by atoms with Gasteiger partial charge in [-0.1, -0.05) is 186 Å². The van der Waals surface area contributed by atoms with Gasteiger partial charge in [-0.05, 0) is 319 Å². The van der Waals surface area contributed by atoms with E-state index in [0.29, 0.717) is 0 Å². The zero-order chi connectivity index (χ0) is 73.9. The summed E-state index contributed by atoms with van der Waals surface area (Å²) in [7, 11) is 0. The van der Waals surface area contributed by atoms with Gasteiger partial charge < -0.3 is 29.3 Å². The molecule has 0 radical (unpaired) electrons. The predicted octanol–water partition coefficient (Wildman–Crippen LogP) is 20.1. The zero-order valence-electron chi connectivity index (χ0n) is 64.1. The first kappa shape index (κ1) is 65.6. The van der Waals surface area contributed by atoms with Crippen molar-refractivity contribution in [2.45, 2.75) is 104 Å². The molecule has 0 fully saturated rings. The zero-order valence-corrected chi connectivity index (χ0v) is 64.1. The number of aryl methyl sites for hydroxylation is 15. The van der Waals surface area contributed by atoms with Crippen molar-refractivity contribution >= 4 is 115 Å². The quantitative estimate of drug-likeness (QED) is 0.161. The highest BCUT2D eigenvalue weighted by Crippen LogP contribution is 2.52. The number of nitrogens with zero attached hydrogens (tertiary/aromatic N) is 2. The number of hydrogen-bond donors (Lipinski definition) is 1. The van der Waals surface area contributed by atoms with Gasteiger partial charge in [-0.25, -0.2) is 0 Å². The first-order valence-corrected chi connectivity index (χ1v) is 38.3. The number of fused-ring (bicyclic) bond motifs is 12. The molecule has 0 amide bonds. The SMILES string of the molecule is Cc1cc(C)c(-c2cc3c4c(c2)Oc2cc(-c5ccccc5)ccc2B4c2cc4c(cc2N3)N(c2c(C)cc(C)cc2C)c2cc(-c3c(C)cc(C)cc3C)cc3c2B4c2cc4c(cc2O3)N(c2c(C)cc(C)cc2C)c2cc(-c3c(C)cc(C)cc3C)cc3c2B4c2ccc(-c4ccccc4)cc2O3)c(C)c1. The maximum absolute atomic E-state index is 8.05. The molecule has 520 valence electrons. The van der Waals surface area contributed by atoms with Gasteiger partial charge in [0.1, 0.15) is 34.5 Å². The second kappa shape index (κ2) is 24.0. The lowest BCUT2D eigenvalue weighted by Crippen LogP contribution is -2.65. The third-order valence-corrected chi connectivity index (χ3v) is 24.2. The smallest absolute Gasteiger partial charge is 0.256 e. The lowest BCUT2D eigenvalue weighted by molar-refractivity contribution is 0.487. The molecule has 0 bridgehead atoms. The summed E-state index contributed by atoms with van der Waals surface area (Å²) in [5.41, 5.74) is 49.2. The Labute approximate surface area is 635 Å². The van der Waals surface area contributed by atoms with Gasteiger partial charge in [0, 0.05) is 40.2 Å². The molecule has 14 aromatic carbocycles. The van der Waals surface area contributed by atoms with Gasteiger partial charge in [-0.3, -0.25) is 0 Å². The molecular formula is C99H82B3N3O3. The third-order valence-electron chi connectivity index (χ3n) is 24.2. The summed E-state index contributed by atoms with van der Waals surface area (Å²) in [5.74, 6) is 5.14. The van der Waals surface area contributed by atoms with Crippen molar-refractivity contribution in [2.24, 2.45) is 0 Å². The average Bonchev–Trinajstić information content (AvgIpc) is 0.686. The Morgan fingerprint density at radius 3 is 0.981 bits per heavy atom. The van der Waals surface area contributed by atoms with E-state index in [9.17, 15) is 0 Å². The van der Waals surface area contributed by atoms with E-state index >= 15 is 0 Å². The van der Waals surface area contributed by atoms with Crippen LogP contribution in [0.15, 0.2) is 218 Å². The number of rotatable bonds is 7. The predicted molar refractivity (Wildman–Crippen MR) is 457 cm³/mol. The van der Waals surface area contributed by atoms with Crippen LogP contribution in [0.4, 0.5) is 45.5 Å². The highest BCUT2D eigenvalue weighted by molar-refractivity contribution is 7.03. The van der Waals surface area contributed by atoms with Gasteiger partial charge in [0.25, 0.3) is 20.1 Å². The molecule has 0 aliphatic carbocycles. The molecule has 0 saturated carbocycles. The Bertz CT molecular complexity index is 6240. The average molecular weight is 1390 g/mol. The molecule has 20 rings (SSSR count). The van der Waals surface area contributed by atoms with Gasteiger partial charge in [0.2, 0.25) is 0 Å². The van der Waals surface area contributed by atoms with Crippen molar-refractivity contribution in [3.05, 3.63) is 302 Å². The summed E-state index contributed by atoms with van der Waals surface area (Å²) in [6.45, 7) is 33.0. The molecule has 0 spiro atoms. The van der Waals surface area contributed by atoms with Crippen LogP contribution in [0.5, 0.6) is 34.5 Å². The second-order valence-corrected chi connectivity index (χ2v) is 32.2. The van der Waals surface area contributed by atoms with E-state index in [1.807, 2.05) is 0 Å². The second-order valence-electron chi connectivity index (χ2n) is 32.2. The van der Waals surface area contributed by atoms with E-state index in [4.69, 9.17) is 14.2 Å². The van der Waals surface area contributed by atoms with Crippen molar-refractivity contribution in [3.63, 3.8) is 0 Å². The van der Waals surface area contributed by atoms with E-state index in [0.717, 1.165) is 152 Å². The van der Waals surface area contributed by atoms with Crippen LogP contribution in [-0.2, 0) is 0 Å². The molecule has 0 unspecified atom stereocenters. The lowest BCUT2D eigenvalue weighted by Gasteiger charge is -2.45. The Hall–Kier alpha value is -11.9. The number of ether oxygens (including phenoxy) is 3. The van der Waals surface area contributed by atoms with Crippen LogP contribution in [0.1, 0.15) is 83.5 Å². The first-order chi connectivity index (χ1) is 52.2. The van der Waals surface area contributed by atoms with Crippen molar-refractivity contribution in [2.75, 3.05) is 15.1 Å². The minimum absolute atomic E-state index is 0.199. The van der Waals surface area contributed by atoms with E-state index in [2.05, 4.69) is 337 Å². The molecule has 6 aliphatic rings. The van der Waals surface area contributed by atoms with E-state index in [1.54, 1.807) is 0 Å². The molecule has 0 saturated heterocycles. The third kappa shape index (κ3) is 9.96. The molecule has 6 nitrogen and oxygen atoms in total. The van der Waals surface area contributed by atoms with Crippen molar-refractivity contribution in [1.29, 1.82) is 0 Å². The number of benzene rings is 14. The Morgan fingerprint density at radius 2 is 0.565 bits per heavy atom. The fraction of sp³-hybridized carbons (Fsp3) is 0.152. The van der Waals surface area contributed by atoms with E-state index in [-0.39, 0.29) is 20.1 Å². The van der Waals surface area contributed by atoms with Crippen LogP contribution in [0, 0.1) is 104 Å². The van der Waals surface area contributed by atoms with Gasteiger partial charge in [0.15, 0.2) is 0 Å². The molecule has 108 heavy (non-hydrogen) atoms. The highest BCUT2D eigenvalue weighted by Gasteiger charge is 2.50. The fourth-order valence-corrected chi connectivity index (χ4v) is 20.6. The van der Waals surface area contributed by atoms with Crippen LogP contribution in [0.25, 0.3) is 55.6 Å². The Kier molecular flexibility index (Phi) is 14.6. The number of anilines is 8. The molecular weight excluding hydrogens is 1310 g/mol. The van der Waals surface area contributed by atoms with Crippen LogP contribution in [0.2, 0.25) is 0 Å². The minimum Gasteiger partial charge on any atom is -0.458 e. The molecule has 0 atom stereocenters. The summed E-state index contributed by atoms with van der Waals surface area (Å²) >= 11 is 0. The highest BCUT2D eigenvalue weighted by atomic mass is 16.5. The largest absolute Gasteiger partial charge is 0.458 e. The first-order valence-electron chi connectivity index (χ1n) is 38.3. The molecule has 9 heteroatoms. The van der Waals surface area contributed by atoms with Crippen molar-refractivity contribution in [1.82, 2.24) is 0 Å². The molecule has 14 aromatic rings.